The summed E-state index contributed by atoms with van der Waals surface area (Å²) < 4.78 is 113. The Morgan fingerprint density at radius 1 is 1.00 bits per heavy atom. The van der Waals surface area contributed by atoms with Crippen molar-refractivity contribution < 1.29 is 54.5 Å². The molecule has 0 aliphatic rings. The number of aliphatic hydroxyl groups excluding tert-OH is 1. The normalized spacial score (nSPS) is 16.4. The molecule has 1 unspecified atom stereocenters. The first-order valence-corrected chi connectivity index (χ1v) is 5.80. The summed E-state index contributed by atoms with van der Waals surface area (Å²) in [5.41, 5.74) is -1.53. The Morgan fingerprint density at radius 3 is 1.74 bits per heavy atom. The number of hydrogen-bond acceptors (Lipinski definition) is 2. The molecule has 0 heterocycles. The zero-order valence-electron chi connectivity index (χ0n) is 11.3. The third kappa shape index (κ3) is 4.52. The molecule has 0 aromatic rings. The molecule has 2 N–H and O–H groups in total. The van der Waals surface area contributed by atoms with Crippen LogP contribution in [0.3, 0.4) is 0 Å². The molecule has 0 fully saturated rings. The van der Waals surface area contributed by atoms with E-state index >= 15 is 0 Å². The summed E-state index contributed by atoms with van der Waals surface area (Å²) in [6.45, 7) is 1.09. The van der Waals surface area contributed by atoms with E-state index in [1.807, 2.05) is 0 Å². The van der Waals surface area contributed by atoms with E-state index in [4.69, 9.17) is 10.2 Å². The molecule has 0 spiro atoms. The molecule has 0 aromatic heterocycles. The Kier molecular flexibility index (Phi) is 6.16. The second-order valence-corrected chi connectivity index (χ2v) is 4.63. The third-order valence-corrected chi connectivity index (χ3v) is 2.63. The molecule has 0 aliphatic heterocycles. The van der Waals surface area contributed by atoms with Gasteiger partial charge in [-0.05, 0) is 19.8 Å². The maximum absolute atomic E-state index is 13.2. The van der Waals surface area contributed by atoms with Crippen molar-refractivity contribution in [3.05, 3.63) is 11.6 Å². The minimum atomic E-state index is -7.09. The number of carboxylic acid groups (broad SMARTS) is 1. The van der Waals surface area contributed by atoms with Gasteiger partial charge >= 0.3 is 29.9 Å². The van der Waals surface area contributed by atoms with Gasteiger partial charge in [-0.15, -0.1) is 0 Å². The average molecular weight is 362 g/mol. The van der Waals surface area contributed by atoms with Gasteiger partial charge in [0.15, 0.2) is 0 Å². The predicted molar refractivity (Wildman–Crippen MR) is 57.5 cm³/mol. The number of aliphatic carboxylic acids is 1. The Morgan fingerprint density at radius 2 is 1.43 bits per heavy atom. The lowest BCUT2D eigenvalue weighted by Crippen LogP contribution is -2.60. The highest BCUT2D eigenvalue weighted by Crippen LogP contribution is 2.53. The highest BCUT2D eigenvalue weighted by atomic mass is 19.4. The van der Waals surface area contributed by atoms with E-state index in [-0.39, 0.29) is 0 Å². The molecular formula is C11H11F9O3. The van der Waals surface area contributed by atoms with E-state index in [9.17, 15) is 44.3 Å². The quantitative estimate of drug-likeness (QED) is 0.537. The minimum absolute atomic E-state index is 0.518. The zero-order valence-corrected chi connectivity index (χ0v) is 11.3. The molecule has 0 bridgehead atoms. The molecular weight excluding hydrogens is 351 g/mol. The monoisotopic (exact) mass is 362 g/mol. The minimum Gasteiger partial charge on any atom is -0.478 e. The van der Waals surface area contributed by atoms with Crippen molar-refractivity contribution in [1.82, 2.24) is 0 Å². The summed E-state index contributed by atoms with van der Waals surface area (Å²) in [5.74, 6) is -22.3. The standard InChI is InChI=1S/C11H11F9O3/c1-5(21)2-3-6(7(22)23)4-8(12,13)9(14,15)10(16,17)11(18,19)20/h4-5,21H,2-3H2,1H3,(H,22,23). The van der Waals surface area contributed by atoms with Crippen LogP contribution in [0.15, 0.2) is 11.6 Å². The van der Waals surface area contributed by atoms with Crippen molar-refractivity contribution in [2.24, 2.45) is 0 Å². The van der Waals surface area contributed by atoms with Gasteiger partial charge < -0.3 is 10.2 Å². The van der Waals surface area contributed by atoms with Crippen molar-refractivity contribution in [2.45, 2.75) is 49.8 Å². The van der Waals surface area contributed by atoms with Crippen LogP contribution in [-0.4, -0.2) is 46.2 Å². The summed E-state index contributed by atoms with van der Waals surface area (Å²) in [7, 11) is 0. The molecule has 0 rings (SSSR count). The topological polar surface area (TPSA) is 57.5 Å². The maximum atomic E-state index is 13.2. The van der Waals surface area contributed by atoms with Crippen molar-refractivity contribution in [2.75, 3.05) is 0 Å². The summed E-state index contributed by atoms with van der Waals surface area (Å²) in [6, 6.07) is 0. The first kappa shape index (κ1) is 21.5. The van der Waals surface area contributed by atoms with Crippen LogP contribution in [0.5, 0.6) is 0 Å². The van der Waals surface area contributed by atoms with Gasteiger partial charge in [0.05, 0.1) is 6.10 Å². The van der Waals surface area contributed by atoms with Gasteiger partial charge in [-0.2, -0.15) is 39.5 Å². The highest BCUT2D eigenvalue weighted by molar-refractivity contribution is 5.86. The lowest BCUT2D eigenvalue weighted by Gasteiger charge is -2.32. The zero-order chi connectivity index (χ0) is 18.9. The van der Waals surface area contributed by atoms with Crippen LogP contribution in [0.4, 0.5) is 39.5 Å². The van der Waals surface area contributed by atoms with E-state index in [0.717, 1.165) is 6.92 Å². The van der Waals surface area contributed by atoms with Crippen molar-refractivity contribution >= 4 is 5.97 Å². The highest BCUT2D eigenvalue weighted by Gasteiger charge is 2.81. The Bertz CT molecular complexity index is 466. The van der Waals surface area contributed by atoms with Gasteiger partial charge in [0, 0.05) is 11.6 Å². The fourth-order valence-corrected chi connectivity index (χ4v) is 1.30. The van der Waals surface area contributed by atoms with Crippen molar-refractivity contribution in [3.63, 3.8) is 0 Å². The van der Waals surface area contributed by atoms with Gasteiger partial charge in [-0.25, -0.2) is 4.79 Å². The van der Waals surface area contributed by atoms with Crippen molar-refractivity contribution in [1.29, 1.82) is 0 Å². The van der Waals surface area contributed by atoms with E-state index in [1.54, 1.807) is 0 Å². The number of halogens is 9. The van der Waals surface area contributed by atoms with Crippen LogP contribution < -0.4 is 0 Å². The second kappa shape index (κ2) is 6.57. The summed E-state index contributed by atoms with van der Waals surface area (Å²) in [6.07, 6.45) is -10.8. The molecule has 0 aliphatic carbocycles. The van der Waals surface area contributed by atoms with Gasteiger partial charge in [-0.1, -0.05) is 0 Å². The number of rotatable bonds is 7. The number of alkyl halides is 9. The summed E-state index contributed by atoms with van der Waals surface area (Å²) >= 11 is 0. The lowest BCUT2D eigenvalue weighted by molar-refractivity contribution is -0.388. The smallest absolute Gasteiger partial charge is 0.460 e. The molecule has 0 aromatic carbocycles. The van der Waals surface area contributed by atoms with Gasteiger partial charge in [0.25, 0.3) is 0 Å². The second-order valence-electron chi connectivity index (χ2n) is 4.63. The van der Waals surface area contributed by atoms with Gasteiger partial charge in [-0.3, -0.25) is 0 Å². The number of aliphatic hydroxyl groups is 1. The van der Waals surface area contributed by atoms with E-state index in [0.29, 0.717) is 0 Å². The van der Waals surface area contributed by atoms with E-state index in [2.05, 4.69) is 0 Å². The molecule has 0 radical (unpaired) electrons. The van der Waals surface area contributed by atoms with Crippen LogP contribution >= 0.6 is 0 Å². The Hall–Kier alpha value is -1.46. The number of allylic oxidation sites excluding steroid dienone is 1. The lowest BCUT2D eigenvalue weighted by atomic mass is 9.99. The SMILES string of the molecule is CC(O)CCC(=CC(F)(F)C(F)(F)C(F)(F)C(F)(F)F)C(=O)O. The number of carbonyl (C=O) groups is 1. The number of carboxylic acids is 1. The van der Waals surface area contributed by atoms with Crippen LogP contribution in [0.25, 0.3) is 0 Å². The third-order valence-electron chi connectivity index (χ3n) is 2.63. The fourth-order valence-electron chi connectivity index (χ4n) is 1.30. The predicted octanol–water partition coefficient (Wildman–Crippen LogP) is 3.63. The van der Waals surface area contributed by atoms with Gasteiger partial charge in [0.2, 0.25) is 0 Å². The Labute approximate surface area is 123 Å². The van der Waals surface area contributed by atoms with Crippen molar-refractivity contribution in [3.8, 4) is 0 Å². The molecule has 3 nitrogen and oxygen atoms in total. The Balaban J connectivity index is 5.82. The van der Waals surface area contributed by atoms with Crippen LogP contribution in [0.2, 0.25) is 0 Å². The molecule has 0 saturated carbocycles. The molecule has 23 heavy (non-hydrogen) atoms. The van der Waals surface area contributed by atoms with E-state index < -0.39 is 60.5 Å². The molecule has 1 atom stereocenters. The van der Waals surface area contributed by atoms with Crippen LogP contribution in [0, 0.1) is 0 Å². The fraction of sp³-hybridized carbons (Fsp3) is 0.727. The average Bonchev–Trinajstić information content (AvgIpc) is 2.31. The summed E-state index contributed by atoms with van der Waals surface area (Å²) in [5, 5.41) is 17.4. The van der Waals surface area contributed by atoms with Crippen LogP contribution in [0.1, 0.15) is 19.8 Å². The molecule has 12 heteroatoms. The molecule has 136 valence electrons. The largest absolute Gasteiger partial charge is 0.478 e. The first-order valence-electron chi connectivity index (χ1n) is 5.80. The first-order chi connectivity index (χ1) is 9.97. The van der Waals surface area contributed by atoms with Crippen LogP contribution in [-0.2, 0) is 4.79 Å². The molecule has 0 amide bonds. The maximum Gasteiger partial charge on any atom is 0.460 e. The summed E-state index contributed by atoms with van der Waals surface area (Å²) in [4.78, 5) is 10.6. The van der Waals surface area contributed by atoms with E-state index in [1.165, 1.54) is 0 Å². The van der Waals surface area contributed by atoms with Gasteiger partial charge in [0.1, 0.15) is 0 Å². The molecule has 0 saturated heterocycles. The number of hydrogen-bond donors (Lipinski definition) is 2.